The van der Waals surface area contributed by atoms with Crippen LogP contribution in [0.4, 0.5) is 0 Å². The normalized spacial score (nSPS) is 19.1. The van der Waals surface area contributed by atoms with Gasteiger partial charge in [0.05, 0.1) is 6.61 Å². The second-order valence-corrected chi connectivity index (χ2v) is 5.04. The highest BCUT2D eigenvalue weighted by atomic mass is 16.5. The zero-order valence-corrected chi connectivity index (χ0v) is 11.8. The summed E-state index contributed by atoms with van der Waals surface area (Å²) in [5, 5.41) is 0. The Hall–Kier alpha value is -0.160. The lowest BCUT2D eigenvalue weighted by molar-refractivity contribution is 0.0799. The zero-order chi connectivity index (χ0) is 12.5. The molecule has 1 saturated heterocycles. The molecule has 0 aromatic heterocycles. The van der Waals surface area contributed by atoms with Crippen molar-refractivity contribution < 1.29 is 4.74 Å². The molecule has 0 aromatic carbocycles. The SMILES string of the molecule is CCOCCN1CCN(CCCN(C)C)CC1. The zero-order valence-electron chi connectivity index (χ0n) is 11.8. The molecule has 1 heterocycles. The third-order valence-electron chi connectivity index (χ3n) is 3.30. The Morgan fingerprint density at radius 3 is 2.12 bits per heavy atom. The summed E-state index contributed by atoms with van der Waals surface area (Å²) in [5.41, 5.74) is 0. The average Bonchev–Trinajstić information content (AvgIpc) is 2.31. The summed E-state index contributed by atoms with van der Waals surface area (Å²) in [6.07, 6.45) is 1.28. The Kier molecular flexibility index (Phi) is 7.77. The smallest absolute Gasteiger partial charge is 0.0593 e. The quantitative estimate of drug-likeness (QED) is 0.581. The van der Waals surface area contributed by atoms with E-state index in [0.717, 1.165) is 19.8 Å². The molecule has 1 rings (SSSR count). The van der Waals surface area contributed by atoms with Crippen LogP contribution in [-0.2, 0) is 4.74 Å². The molecule has 4 nitrogen and oxygen atoms in total. The Morgan fingerprint density at radius 1 is 1.00 bits per heavy atom. The summed E-state index contributed by atoms with van der Waals surface area (Å²) >= 11 is 0. The molecule has 0 spiro atoms. The van der Waals surface area contributed by atoms with Gasteiger partial charge in [0.1, 0.15) is 0 Å². The summed E-state index contributed by atoms with van der Waals surface area (Å²) in [6, 6.07) is 0. The van der Waals surface area contributed by atoms with Gasteiger partial charge in [-0.3, -0.25) is 4.90 Å². The van der Waals surface area contributed by atoms with Crippen LogP contribution in [0.1, 0.15) is 13.3 Å². The molecule has 102 valence electrons. The van der Waals surface area contributed by atoms with Crippen LogP contribution in [-0.4, -0.2) is 87.8 Å². The summed E-state index contributed by atoms with van der Waals surface area (Å²) in [6.45, 7) is 12.2. The highest BCUT2D eigenvalue weighted by molar-refractivity contribution is 4.71. The van der Waals surface area contributed by atoms with Gasteiger partial charge in [0.25, 0.3) is 0 Å². The van der Waals surface area contributed by atoms with Crippen molar-refractivity contribution in [1.82, 2.24) is 14.7 Å². The molecular weight excluding hydrogens is 214 g/mol. The van der Waals surface area contributed by atoms with E-state index in [1.807, 2.05) is 0 Å². The first-order valence-corrected chi connectivity index (χ1v) is 6.89. The predicted octanol–water partition coefficient (Wildman–Crippen LogP) is 0.592. The molecule has 0 atom stereocenters. The molecule has 0 N–H and O–H groups in total. The Morgan fingerprint density at radius 2 is 1.59 bits per heavy atom. The lowest BCUT2D eigenvalue weighted by Crippen LogP contribution is -2.47. The molecule has 1 aliphatic heterocycles. The van der Waals surface area contributed by atoms with E-state index in [1.54, 1.807) is 0 Å². The minimum absolute atomic E-state index is 0.838. The Labute approximate surface area is 107 Å². The minimum atomic E-state index is 0.838. The van der Waals surface area contributed by atoms with Crippen LogP contribution in [0.3, 0.4) is 0 Å². The third kappa shape index (κ3) is 6.99. The van der Waals surface area contributed by atoms with Gasteiger partial charge in [-0.1, -0.05) is 0 Å². The fourth-order valence-electron chi connectivity index (χ4n) is 2.19. The van der Waals surface area contributed by atoms with Crippen LogP contribution in [0.25, 0.3) is 0 Å². The fraction of sp³-hybridized carbons (Fsp3) is 1.00. The Balaban J connectivity index is 2.01. The second kappa shape index (κ2) is 8.86. The first-order valence-electron chi connectivity index (χ1n) is 6.89. The van der Waals surface area contributed by atoms with Gasteiger partial charge in [-0.05, 0) is 40.5 Å². The van der Waals surface area contributed by atoms with Gasteiger partial charge >= 0.3 is 0 Å². The standard InChI is InChI=1S/C13H29N3O/c1-4-17-13-12-16-10-8-15(9-11-16)7-5-6-14(2)3/h4-13H2,1-3H3. The van der Waals surface area contributed by atoms with Gasteiger partial charge < -0.3 is 14.5 Å². The molecular formula is C13H29N3O. The molecule has 0 bridgehead atoms. The highest BCUT2D eigenvalue weighted by Gasteiger charge is 2.15. The van der Waals surface area contributed by atoms with E-state index in [0.29, 0.717) is 0 Å². The maximum absolute atomic E-state index is 5.39. The lowest BCUT2D eigenvalue weighted by atomic mass is 10.3. The maximum atomic E-state index is 5.39. The lowest BCUT2D eigenvalue weighted by Gasteiger charge is -2.34. The molecule has 17 heavy (non-hydrogen) atoms. The minimum Gasteiger partial charge on any atom is -0.380 e. The van der Waals surface area contributed by atoms with Crippen LogP contribution >= 0.6 is 0 Å². The maximum Gasteiger partial charge on any atom is 0.0593 e. The molecule has 1 fully saturated rings. The van der Waals surface area contributed by atoms with Crippen molar-refractivity contribution in [3.05, 3.63) is 0 Å². The van der Waals surface area contributed by atoms with Gasteiger partial charge in [0.2, 0.25) is 0 Å². The summed E-state index contributed by atoms with van der Waals surface area (Å²) in [7, 11) is 4.29. The van der Waals surface area contributed by atoms with Crippen LogP contribution in [0.15, 0.2) is 0 Å². The first-order chi connectivity index (χ1) is 8.22. The monoisotopic (exact) mass is 243 g/mol. The number of piperazine rings is 1. The largest absolute Gasteiger partial charge is 0.380 e. The number of rotatable bonds is 8. The van der Waals surface area contributed by atoms with E-state index < -0.39 is 0 Å². The van der Waals surface area contributed by atoms with Gasteiger partial charge in [-0.25, -0.2) is 0 Å². The molecule has 0 saturated carbocycles. The van der Waals surface area contributed by atoms with Gasteiger partial charge in [-0.15, -0.1) is 0 Å². The predicted molar refractivity (Wildman–Crippen MR) is 72.5 cm³/mol. The van der Waals surface area contributed by atoms with E-state index in [9.17, 15) is 0 Å². The van der Waals surface area contributed by atoms with E-state index >= 15 is 0 Å². The molecule has 0 unspecified atom stereocenters. The molecule has 0 amide bonds. The molecule has 0 aliphatic carbocycles. The van der Waals surface area contributed by atoms with E-state index in [2.05, 4.69) is 35.7 Å². The second-order valence-electron chi connectivity index (χ2n) is 5.04. The van der Waals surface area contributed by atoms with Crippen molar-refractivity contribution in [2.24, 2.45) is 0 Å². The van der Waals surface area contributed by atoms with Crippen LogP contribution in [0.2, 0.25) is 0 Å². The van der Waals surface area contributed by atoms with Gasteiger partial charge in [-0.2, -0.15) is 0 Å². The fourth-order valence-corrected chi connectivity index (χ4v) is 2.19. The van der Waals surface area contributed by atoms with Crippen molar-refractivity contribution in [2.75, 3.05) is 73.1 Å². The van der Waals surface area contributed by atoms with Crippen molar-refractivity contribution in [3.63, 3.8) is 0 Å². The summed E-state index contributed by atoms with van der Waals surface area (Å²) < 4.78 is 5.39. The number of hydrogen-bond donors (Lipinski definition) is 0. The average molecular weight is 243 g/mol. The molecule has 0 aromatic rings. The van der Waals surface area contributed by atoms with E-state index in [4.69, 9.17) is 4.74 Å². The third-order valence-corrected chi connectivity index (χ3v) is 3.30. The Bertz CT molecular complexity index is 180. The summed E-state index contributed by atoms with van der Waals surface area (Å²) in [4.78, 5) is 7.36. The van der Waals surface area contributed by atoms with Crippen molar-refractivity contribution in [3.8, 4) is 0 Å². The van der Waals surface area contributed by atoms with Crippen LogP contribution < -0.4 is 0 Å². The van der Waals surface area contributed by atoms with Crippen LogP contribution in [0.5, 0.6) is 0 Å². The van der Waals surface area contributed by atoms with Crippen molar-refractivity contribution in [1.29, 1.82) is 0 Å². The topological polar surface area (TPSA) is 19.0 Å². The van der Waals surface area contributed by atoms with Crippen LogP contribution in [0, 0.1) is 0 Å². The molecule has 1 aliphatic rings. The van der Waals surface area contributed by atoms with Gasteiger partial charge in [0.15, 0.2) is 0 Å². The number of nitrogens with zero attached hydrogens (tertiary/aromatic N) is 3. The van der Waals surface area contributed by atoms with E-state index in [1.165, 1.54) is 45.7 Å². The summed E-state index contributed by atoms with van der Waals surface area (Å²) in [5.74, 6) is 0. The molecule has 0 radical (unpaired) electrons. The number of hydrogen-bond acceptors (Lipinski definition) is 4. The van der Waals surface area contributed by atoms with Gasteiger partial charge in [0, 0.05) is 39.3 Å². The highest BCUT2D eigenvalue weighted by Crippen LogP contribution is 2.02. The number of ether oxygens (including phenoxy) is 1. The first kappa shape index (κ1) is 14.9. The van der Waals surface area contributed by atoms with E-state index in [-0.39, 0.29) is 0 Å². The van der Waals surface area contributed by atoms with Crippen molar-refractivity contribution in [2.45, 2.75) is 13.3 Å². The van der Waals surface area contributed by atoms with Crippen molar-refractivity contribution >= 4 is 0 Å². The molecule has 4 heteroatoms.